The molecule has 19 heavy (non-hydrogen) atoms. The van der Waals surface area contributed by atoms with Gasteiger partial charge < -0.3 is 10.1 Å². The molecule has 0 aromatic heterocycles. The Morgan fingerprint density at radius 1 is 1.37 bits per heavy atom. The van der Waals surface area contributed by atoms with E-state index in [-0.39, 0.29) is 5.60 Å². The molecular formula is C17H25NO. The van der Waals surface area contributed by atoms with E-state index in [4.69, 9.17) is 4.74 Å². The van der Waals surface area contributed by atoms with E-state index in [1.807, 2.05) is 6.07 Å². The number of anilines is 1. The summed E-state index contributed by atoms with van der Waals surface area (Å²) in [4.78, 5) is 0. The standard InChI is InChI=1S/C17H25NO/c1-12(2)8-6-9-14-10-7-11-15-16(14)18-13(3)17(4,5)19-15/h6-7,9-13,18H,8H2,1-5H3/b9-6-. The molecule has 0 aliphatic carbocycles. The second-order valence-corrected chi connectivity index (χ2v) is 6.32. The van der Waals surface area contributed by atoms with Crippen molar-refractivity contribution in [1.29, 1.82) is 0 Å². The van der Waals surface area contributed by atoms with E-state index in [9.17, 15) is 0 Å². The lowest BCUT2D eigenvalue weighted by molar-refractivity contribution is 0.0843. The summed E-state index contributed by atoms with van der Waals surface area (Å²) in [5.74, 6) is 1.65. The third kappa shape index (κ3) is 3.12. The lowest BCUT2D eigenvalue weighted by atomic mass is 9.96. The molecule has 1 aliphatic rings. The lowest BCUT2D eigenvalue weighted by Crippen LogP contribution is -2.47. The van der Waals surface area contributed by atoms with Crippen molar-refractivity contribution >= 4 is 11.8 Å². The molecule has 0 saturated heterocycles. The predicted molar refractivity (Wildman–Crippen MR) is 82.7 cm³/mol. The zero-order chi connectivity index (χ0) is 14.0. The first-order valence-corrected chi connectivity index (χ1v) is 7.15. The fourth-order valence-corrected chi connectivity index (χ4v) is 2.16. The van der Waals surface area contributed by atoms with Crippen LogP contribution in [0.3, 0.4) is 0 Å². The van der Waals surface area contributed by atoms with Crippen LogP contribution in [0.15, 0.2) is 24.3 Å². The van der Waals surface area contributed by atoms with Crippen molar-refractivity contribution in [1.82, 2.24) is 0 Å². The van der Waals surface area contributed by atoms with Crippen molar-refractivity contribution in [3.63, 3.8) is 0 Å². The summed E-state index contributed by atoms with van der Waals surface area (Å²) in [6, 6.07) is 6.52. The quantitative estimate of drug-likeness (QED) is 0.848. The second kappa shape index (κ2) is 5.28. The van der Waals surface area contributed by atoms with E-state index in [1.165, 1.54) is 5.56 Å². The molecule has 1 aliphatic heterocycles. The maximum atomic E-state index is 6.10. The maximum absolute atomic E-state index is 6.10. The summed E-state index contributed by atoms with van der Waals surface area (Å²) in [5.41, 5.74) is 2.16. The molecule has 1 heterocycles. The van der Waals surface area contributed by atoms with Crippen LogP contribution < -0.4 is 10.1 Å². The SMILES string of the molecule is CC(C)C/C=C\c1cccc2c1NC(C)C(C)(C)O2. The molecule has 1 aromatic rings. The van der Waals surface area contributed by atoms with Crippen LogP contribution in [0.4, 0.5) is 5.69 Å². The molecular weight excluding hydrogens is 234 g/mol. The summed E-state index contributed by atoms with van der Waals surface area (Å²) in [6.45, 7) is 10.9. The number of hydrogen-bond donors (Lipinski definition) is 1. The highest BCUT2D eigenvalue weighted by Gasteiger charge is 2.33. The van der Waals surface area contributed by atoms with E-state index in [2.05, 4.69) is 64.2 Å². The highest BCUT2D eigenvalue weighted by atomic mass is 16.5. The van der Waals surface area contributed by atoms with E-state index in [0.29, 0.717) is 12.0 Å². The highest BCUT2D eigenvalue weighted by Crippen LogP contribution is 2.38. The van der Waals surface area contributed by atoms with Crippen LogP contribution in [-0.2, 0) is 0 Å². The first-order chi connectivity index (χ1) is 8.90. The Morgan fingerprint density at radius 3 is 2.79 bits per heavy atom. The molecule has 1 atom stereocenters. The smallest absolute Gasteiger partial charge is 0.143 e. The summed E-state index contributed by atoms with van der Waals surface area (Å²) >= 11 is 0. The molecule has 2 nitrogen and oxygen atoms in total. The van der Waals surface area contributed by atoms with E-state index < -0.39 is 0 Å². The van der Waals surface area contributed by atoms with Crippen LogP contribution in [0.5, 0.6) is 5.75 Å². The molecule has 0 fully saturated rings. The van der Waals surface area contributed by atoms with Crippen LogP contribution in [0.25, 0.3) is 6.08 Å². The molecule has 0 saturated carbocycles. The summed E-state index contributed by atoms with van der Waals surface area (Å²) in [7, 11) is 0. The Kier molecular flexibility index (Phi) is 3.88. The molecule has 104 valence electrons. The Balaban J connectivity index is 2.27. The van der Waals surface area contributed by atoms with Crippen LogP contribution >= 0.6 is 0 Å². The van der Waals surface area contributed by atoms with Gasteiger partial charge >= 0.3 is 0 Å². The molecule has 1 N–H and O–H groups in total. The van der Waals surface area contributed by atoms with Gasteiger partial charge in [-0.05, 0) is 39.2 Å². The Bertz CT molecular complexity index is 474. The number of nitrogens with one attached hydrogen (secondary N) is 1. The highest BCUT2D eigenvalue weighted by molar-refractivity contribution is 5.74. The van der Waals surface area contributed by atoms with Gasteiger partial charge in [0.1, 0.15) is 11.4 Å². The second-order valence-electron chi connectivity index (χ2n) is 6.32. The van der Waals surface area contributed by atoms with Crippen molar-refractivity contribution < 1.29 is 4.74 Å². The maximum Gasteiger partial charge on any atom is 0.143 e. The molecule has 2 rings (SSSR count). The van der Waals surface area contributed by atoms with Crippen molar-refractivity contribution in [3.05, 3.63) is 29.8 Å². The van der Waals surface area contributed by atoms with Crippen molar-refractivity contribution in [2.24, 2.45) is 5.92 Å². The largest absolute Gasteiger partial charge is 0.484 e. The monoisotopic (exact) mass is 259 g/mol. The van der Waals surface area contributed by atoms with Crippen LogP contribution in [0, 0.1) is 5.92 Å². The number of rotatable bonds is 3. The summed E-state index contributed by atoms with van der Waals surface area (Å²) < 4.78 is 6.10. The van der Waals surface area contributed by atoms with Crippen molar-refractivity contribution in [2.75, 3.05) is 5.32 Å². The Morgan fingerprint density at radius 2 is 2.11 bits per heavy atom. The van der Waals surface area contributed by atoms with Gasteiger partial charge in [-0.25, -0.2) is 0 Å². The molecule has 1 aromatic carbocycles. The predicted octanol–water partition coefficient (Wildman–Crippen LogP) is 4.72. The minimum absolute atomic E-state index is 0.173. The zero-order valence-corrected chi connectivity index (χ0v) is 12.7. The molecule has 0 bridgehead atoms. The van der Waals surface area contributed by atoms with Gasteiger partial charge in [0.05, 0.1) is 11.7 Å². The van der Waals surface area contributed by atoms with Crippen molar-refractivity contribution in [2.45, 2.75) is 52.7 Å². The van der Waals surface area contributed by atoms with Gasteiger partial charge in [0.15, 0.2) is 0 Å². The summed E-state index contributed by atoms with van der Waals surface area (Å²) in [6.07, 6.45) is 5.54. The van der Waals surface area contributed by atoms with Gasteiger partial charge in [-0.15, -0.1) is 0 Å². The number of ether oxygens (including phenoxy) is 1. The van der Waals surface area contributed by atoms with Crippen LogP contribution in [-0.4, -0.2) is 11.6 Å². The van der Waals surface area contributed by atoms with E-state index in [0.717, 1.165) is 17.9 Å². The summed E-state index contributed by atoms with van der Waals surface area (Å²) in [5, 5.41) is 3.58. The molecule has 1 unspecified atom stereocenters. The molecule has 0 radical (unpaired) electrons. The average molecular weight is 259 g/mol. The third-order valence-electron chi connectivity index (χ3n) is 3.74. The van der Waals surface area contributed by atoms with E-state index in [1.54, 1.807) is 0 Å². The zero-order valence-electron chi connectivity index (χ0n) is 12.7. The number of hydrogen-bond acceptors (Lipinski definition) is 2. The number of para-hydroxylation sites is 1. The minimum Gasteiger partial charge on any atom is -0.484 e. The molecule has 2 heteroatoms. The van der Waals surface area contributed by atoms with Crippen molar-refractivity contribution in [3.8, 4) is 5.75 Å². The van der Waals surface area contributed by atoms with Gasteiger partial charge in [-0.1, -0.05) is 38.1 Å². The Hall–Kier alpha value is -1.44. The average Bonchev–Trinajstić information content (AvgIpc) is 2.30. The van der Waals surface area contributed by atoms with Gasteiger partial charge in [0, 0.05) is 5.56 Å². The molecule has 0 amide bonds. The normalized spacial score (nSPS) is 21.1. The van der Waals surface area contributed by atoms with Crippen LogP contribution in [0.1, 0.15) is 46.6 Å². The Labute approximate surface area is 116 Å². The number of fused-ring (bicyclic) bond motifs is 1. The third-order valence-corrected chi connectivity index (χ3v) is 3.74. The van der Waals surface area contributed by atoms with Gasteiger partial charge in [-0.3, -0.25) is 0 Å². The van der Waals surface area contributed by atoms with Gasteiger partial charge in [0.25, 0.3) is 0 Å². The first-order valence-electron chi connectivity index (χ1n) is 7.15. The van der Waals surface area contributed by atoms with E-state index >= 15 is 0 Å². The fraction of sp³-hybridized carbons (Fsp3) is 0.529. The minimum atomic E-state index is -0.173. The number of allylic oxidation sites excluding steroid dienone is 1. The van der Waals surface area contributed by atoms with Crippen LogP contribution in [0.2, 0.25) is 0 Å². The number of benzene rings is 1. The fourth-order valence-electron chi connectivity index (χ4n) is 2.16. The first kappa shape index (κ1) is 14.0. The van der Waals surface area contributed by atoms with Gasteiger partial charge in [-0.2, -0.15) is 0 Å². The lowest BCUT2D eigenvalue weighted by Gasteiger charge is -2.39. The molecule has 0 spiro atoms. The topological polar surface area (TPSA) is 21.3 Å². The van der Waals surface area contributed by atoms with Gasteiger partial charge in [0.2, 0.25) is 0 Å².